The van der Waals surface area contributed by atoms with Crippen molar-refractivity contribution in [2.75, 3.05) is 0 Å². The Morgan fingerprint density at radius 3 is 2.47 bits per heavy atom. The maximum atomic E-state index is 5.66. The Balaban J connectivity index is 2.30. The molecule has 0 unspecified atom stereocenters. The van der Waals surface area contributed by atoms with E-state index in [1.165, 1.54) is 0 Å². The van der Waals surface area contributed by atoms with Crippen molar-refractivity contribution in [3.8, 4) is 0 Å². The van der Waals surface area contributed by atoms with E-state index in [1.54, 1.807) is 31.3 Å². The fourth-order valence-corrected chi connectivity index (χ4v) is 2.95. The number of rotatable bonds is 0. The summed E-state index contributed by atoms with van der Waals surface area (Å²) in [5.74, 6) is 0. The molecule has 3 nitrogen and oxygen atoms in total. The maximum Gasteiger partial charge on any atom is 0.142 e. The van der Waals surface area contributed by atoms with Crippen LogP contribution in [0.3, 0.4) is 0 Å². The van der Waals surface area contributed by atoms with Gasteiger partial charge in [0.25, 0.3) is 0 Å². The Hall–Kier alpha value is -2.68. The summed E-state index contributed by atoms with van der Waals surface area (Å²) in [7, 11) is 0. The van der Waals surface area contributed by atoms with Crippen LogP contribution in [0.2, 0.25) is 0 Å². The van der Waals surface area contributed by atoms with Gasteiger partial charge in [0.2, 0.25) is 0 Å². The molecule has 0 fully saturated rings. The van der Waals surface area contributed by atoms with Gasteiger partial charge in [-0.15, -0.1) is 0 Å². The molecule has 5 aromatic rings. The second-order valence-electron chi connectivity index (χ2n) is 4.73. The van der Waals surface area contributed by atoms with E-state index in [1.807, 2.05) is 6.07 Å². The normalized spacial score (nSPS) is 12.2. The van der Waals surface area contributed by atoms with Crippen molar-refractivity contribution in [3.05, 3.63) is 49.5 Å². The van der Waals surface area contributed by atoms with Gasteiger partial charge in [-0.1, -0.05) is 6.07 Å². The Labute approximate surface area is 107 Å². The van der Waals surface area contributed by atoms with Crippen LogP contribution < -0.4 is 0 Å². The second kappa shape index (κ2) is 3.01. The summed E-state index contributed by atoms with van der Waals surface area (Å²) in [6.07, 6.45) is 8.81. The summed E-state index contributed by atoms with van der Waals surface area (Å²) in [5, 5.41) is 7.63. The summed E-state index contributed by atoms with van der Waals surface area (Å²) in [6.45, 7) is 0. The molecule has 0 radical (unpaired) electrons. The van der Waals surface area contributed by atoms with E-state index in [2.05, 4.69) is 12.1 Å². The van der Waals surface area contributed by atoms with Crippen LogP contribution in [0.5, 0.6) is 0 Å². The Morgan fingerprint density at radius 1 is 0.632 bits per heavy atom. The number of hydrogen-bond donors (Lipinski definition) is 0. The number of fused-ring (bicyclic) bond motifs is 8. The topological polar surface area (TPSA) is 39.4 Å². The van der Waals surface area contributed by atoms with Gasteiger partial charge in [0.1, 0.15) is 5.58 Å². The summed E-state index contributed by atoms with van der Waals surface area (Å²) < 4.78 is 16.4. The van der Waals surface area contributed by atoms with Crippen molar-refractivity contribution in [2.24, 2.45) is 0 Å². The van der Waals surface area contributed by atoms with Crippen LogP contribution in [0.25, 0.3) is 43.3 Å². The first-order chi connectivity index (χ1) is 9.43. The molecule has 0 bridgehead atoms. The van der Waals surface area contributed by atoms with Crippen molar-refractivity contribution in [1.82, 2.24) is 0 Å². The van der Waals surface area contributed by atoms with Gasteiger partial charge in [-0.2, -0.15) is 0 Å². The molecular formula is C16H8O3. The van der Waals surface area contributed by atoms with Crippen molar-refractivity contribution in [2.45, 2.75) is 0 Å². The predicted molar refractivity (Wildman–Crippen MR) is 73.3 cm³/mol. The second-order valence-corrected chi connectivity index (χ2v) is 4.73. The van der Waals surface area contributed by atoms with E-state index >= 15 is 0 Å². The fraction of sp³-hybridized carbons (Fsp3) is 0. The van der Waals surface area contributed by atoms with Crippen LogP contribution >= 0.6 is 0 Å². The molecule has 5 rings (SSSR count). The summed E-state index contributed by atoms with van der Waals surface area (Å²) in [6, 6.07) is 6.10. The average molecular weight is 248 g/mol. The SMILES string of the molecule is c1cc2c3cocc3c3c4cocc4ccc3c2o1. The molecule has 3 aromatic heterocycles. The molecule has 3 heteroatoms. The molecule has 0 atom stereocenters. The molecule has 0 spiro atoms. The van der Waals surface area contributed by atoms with Gasteiger partial charge in [-0.05, 0) is 12.1 Å². The molecule has 90 valence electrons. The standard InChI is InChI=1S/C16H8O3/c1-2-11-15(12-6-17-5-9(1)12)14-8-18-7-13(14)10-3-4-19-16(10)11/h1-8H. The number of furan rings is 3. The molecule has 0 N–H and O–H groups in total. The van der Waals surface area contributed by atoms with Gasteiger partial charge in [-0.3, -0.25) is 0 Å². The molecule has 0 aliphatic carbocycles. The fourth-order valence-electron chi connectivity index (χ4n) is 2.95. The van der Waals surface area contributed by atoms with Gasteiger partial charge >= 0.3 is 0 Å². The molecule has 3 heterocycles. The van der Waals surface area contributed by atoms with Crippen LogP contribution in [0.1, 0.15) is 0 Å². The smallest absolute Gasteiger partial charge is 0.142 e. The van der Waals surface area contributed by atoms with Crippen LogP contribution in [0, 0.1) is 0 Å². The van der Waals surface area contributed by atoms with E-state index in [9.17, 15) is 0 Å². The monoisotopic (exact) mass is 248 g/mol. The molecule has 0 saturated heterocycles. The lowest BCUT2D eigenvalue weighted by Crippen LogP contribution is -1.77. The largest absolute Gasteiger partial charge is 0.471 e. The van der Waals surface area contributed by atoms with Crippen molar-refractivity contribution < 1.29 is 13.3 Å². The average Bonchev–Trinajstić information content (AvgIpc) is 3.17. The zero-order valence-corrected chi connectivity index (χ0v) is 9.84. The van der Waals surface area contributed by atoms with Crippen LogP contribution in [-0.2, 0) is 0 Å². The zero-order valence-electron chi connectivity index (χ0n) is 9.84. The molecular weight excluding hydrogens is 240 g/mol. The molecule has 0 amide bonds. The minimum absolute atomic E-state index is 0.895. The molecule has 0 aliphatic heterocycles. The van der Waals surface area contributed by atoms with Crippen molar-refractivity contribution in [3.63, 3.8) is 0 Å². The Kier molecular flexibility index (Phi) is 1.47. The minimum atomic E-state index is 0.895. The molecule has 0 saturated carbocycles. The summed E-state index contributed by atoms with van der Waals surface area (Å²) in [5.41, 5.74) is 0.895. The minimum Gasteiger partial charge on any atom is -0.471 e. The highest BCUT2D eigenvalue weighted by molar-refractivity contribution is 6.29. The lowest BCUT2D eigenvalue weighted by molar-refractivity contribution is 0.572. The van der Waals surface area contributed by atoms with E-state index in [0.717, 1.165) is 43.3 Å². The Morgan fingerprint density at radius 2 is 1.47 bits per heavy atom. The van der Waals surface area contributed by atoms with Crippen molar-refractivity contribution >= 4 is 43.3 Å². The van der Waals surface area contributed by atoms with E-state index < -0.39 is 0 Å². The van der Waals surface area contributed by atoms with E-state index in [0.29, 0.717) is 0 Å². The van der Waals surface area contributed by atoms with Gasteiger partial charge in [0.15, 0.2) is 0 Å². The van der Waals surface area contributed by atoms with Crippen LogP contribution in [0.15, 0.2) is 62.8 Å². The highest BCUT2D eigenvalue weighted by Gasteiger charge is 2.15. The van der Waals surface area contributed by atoms with Crippen LogP contribution in [0.4, 0.5) is 0 Å². The van der Waals surface area contributed by atoms with Crippen LogP contribution in [-0.4, -0.2) is 0 Å². The molecule has 0 aliphatic rings. The third kappa shape index (κ3) is 0.993. The number of benzene rings is 2. The zero-order chi connectivity index (χ0) is 12.4. The molecule has 19 heavy (non-hydrogen) atoms. The highest BCUT2D eigenvalue weighted by atomic mass is 16.3. The quantitative estimate of drug-likeness (QED) is 0.383. The first-order valence-electron chi connectivity index (χ1n) is 6.07. The first-order valence-corrected chi connectivity index (χ1v) is 6.07. The third-order valence-electron chi connectivity index (χ3n) is 3.79. The highest BCUT2D eigenvalue weighted by Crippen LogP contribution is 2.39. The summed E-state index contributed by atoms with van der Waals surface area (Å²) in [4.78, 5) is 0. The van der Waals surface area contributed by atoms with Gasteiger partial charge in [0, 0.05) is 37.7 Å². The predicted octanol–water partition coefficient (Wildman–Crippen LogP) is 5.08. The first kappa shape index (κ1) is 9.28. The third-order valence-corrected chi connectivity index (χ3v) is 3.79. The Bertz CT molecular complexity index is 1060. The lowest BCUT2D eigenvalue weighted by Gasteiger charge is -2.02. The van der Waals surface area contributed by atoms with E-state index in [4.69, 9.17) is 13.3 Å². The van der Waals surface area contributed by atoms with Gasteiger partial charge in [0.05, 0.1) is 31.3 Å². The summed E-state index contributed by atoms with van der Waals surface area (Å²) >= 11 is 0. The van der Waals surface area contributed by atoms with E-state index in [-0.39, 0.29) is 0 Å². The molecule has 2 aromatic carbocycles. The maximum absolute atomic E-state index is 5.66. The lowest BCUT2D eigenvalue weighted by atomic mass is 9.98. The van der Waals surface area contributed by atoms with Gasteiger partial charge in [-0.25, -0.2) is 0 Å². The number of hydrogen-bond acceptors (Lipinski definition) is 3. The van der Waals surface area contributed by atoms with Gasteiger partial charge < -0.3 is 13.3 Å². The van der Waals surface area contributed by atoms with Crippen molar-refractivity contribution in [1.29, 1.82) is 0 Å².